The standard InChI is InChI=1S/C12H14O2/c1-3-5-9-13-11-7-8-12-14-10-6-4-2/h9-12H2,1-2H3. The molecule has 0 heterocycles. The lowest BCUT2D eigenvalue weighted by Crippen LogP contribution is -1.94. The molecular weight excluding hydrogens is 176 g/mol. The molecule has 0 aromatic heterocycles. The third-order valence-corrected chi connectivity index (χ3v) is 1.18. The SMILES string of the molecule is CC#CCOCC#CCOCC#CC. The van der Waals surface area contributed by atoms with Crippen molar-refractivity contribution in [1.82, 2.24) is 0 Å². The normalized spacial score (nSPS) is 7.29. The summed E-state index contributed by atoms with van der Waals surface area (Å²) in [6.45, 7) is 5.23. The van der Waals surface area contributed by atoms with Gasteiger partial charge in [0.1, 0.15) is 26.4 Å². The minimum atomic E-state index is 0.400. The summed E-state index contributed by atoms with van der Waals surface area (Å²) in [5, 5.41) is 0. The highest BCUT2D eigenvalue weighted by Gasteiger charge is 1.78. The molecule has 0 aliphatic heterocycles. The van der Waals surface area contributed by atoms with Crippen molar-refractivity contribution in [1.29, 1.82) is 0 Å². The van der Waals surface area contributed by atoms with Crippen LogP contribution in [0.3, 0.4) is 0 Å². The maximum atomic E-state index is 5.07. The molecular formula is C12H14O2. The van der Waals surface area contributed by atoms with Gasteiger partial charge in [0.2, 0.25) is 0 Å². The highest BCUT2D eigenvalue weighted by Crippen LogP contribution is 1.73. The summed E-state index contributed by atoms with van der Waals surface area (Å²) in [5.41, 5.74) is 0. The Hall–Kier alpha value is -1.40. The second-order valence-corrected chi connectivity index (χ2v) is 2.19. The van der Waals surface area contributed by atoms with E-state index in [0.29, 0.717) is 26.4 Å². The van der Waals surface area contributed by atoms with Crippen molar-refractivity contribution >= 4 is 0 Å². The summed E-state index contributed by atoms with van der Waals surface area (Å²) < 4.78 is 10.1. The van der Waals surface area contributed by atoms with Crippen molar-refractivity contribution in [2.75, 3.05) is 26.4 Å². The first-order chi connectivity index (χ1) is 6.91. The lowest BCUT2D eigenvalue weighted by Gasteiger charge is -1.90. The topological polar surface area (TPSA) is 18.5 Å². The van der Waals surface area contributed by atoms with Gasteiger partial charge in [0.25, 0.3) is 0 Å². The van der Waals surface area contributed by atoms with Gasteiger partial charge in [0, 0.05) is 0 Å². The van der Waals surface area contributed by atoms with Crippen LogP contribution in [0.2, 0.25) is 0 Å². The van der Waals surface area contributed by atoms with Gasteiger partial charge in [-0.05, 0) is 13.8 Å². The van der Waals surface area contributed by atoms with Crippen molar-refractivity contribution < 1.29 is 9.47 Å². The smallest absolute Gasteiger partial charge is 0.109 e. The molecule has 0 radical (unpaired) electrons. The molecule has 0 rings (SSSR count). The van der Waals surface area contributed by atoms with E-state index in [1.165, 1.54) is 0 Å². The molecule has 14 heavy (non-hydrogen) atoms. The van der Waals surface area contributed by atoms with E-state index in [4.69, 9.17) is 9.47 Å². The Morgan fingerprint density at radius 3 is 1.36 bits per heavy atom. The Balaban J connectivity index is 3.24. The monoisotopic (exact) mass is 190 g/mol. The lowest BCUT2D eigenvalue weighted by atomic mass is 10.6. The predicted molar refractivity (Wildman–Crippen MR) is 56.3 cm³/mol. The van der Waals surface area contributed by atoms with Crippen LogP contribution in [-0.2, 0) is 9.47 Å². The van der Waals surface area contributed by atoms with Crippen LogP contribution in [0.25, 0.3) is 0 Å². The van der Waals surface area contributed by atoms with Gasteiger partial charge in [-0.15, -0.1) is 11.8 Å². The largest absolute Gasteiger partial charge is 0.356 e. The van der Waals surface area contributed by atoms with Crippen LogP contribution in [0.15, 0.2) is 0 Å². The van der Waals surface area contributed by atoms with E-state index in [1.807, 2.05) is 0 Å². The molecule has 0 aliphatic rings. The zero-order valence-electron chi connectivity index (χ0n) is 8.64. The number of hydrogen-bond donors (Lipinski definition) is 0. The van der Waals surface area contributed by atoms with Crippen LogP contribution in [-0.4, -0.2) is 26.4 Å². The molecule has 0 spiro atoms. The summed E-state index contributed by atoms with van der Waals surface area (Å²) >= 11 is 0. The molecule has 0 aromatic rings. The molecule has 0 atom stereocenters. The third-order valence-electron chi connectivity index (χ3n) is 1.18. The van der Waals surface area contributed by atoms with Gasteiger partial charge in [-0.2, -0.15) is 0 Å². The predicted octanol–water partition coefficient (Wildman–Crippen LogP) is 1.07. The van der Waals surface area contributed by atoms with Crippen molar-refractivity contribution in [3.05, 3.63) is 0 Å². The van der Waals surface area contributed by atoms with Crippen LogP contribution in [0.5, 0.6) is 0 Å². The molecule has 0 saturated carbocycles. The second kappa shape index (κ2) is 11.6. The fourth-order valence-corrected chi connectivity index (χ4v) is 0.553. The zero-order chi connectivity index (χ0) is 10.5. The van der Waals surface area contributed by atoms with Gasteiger partial charge >= 0.3 is 0 Å². The van der Waals surface area contributed by atoms with Crippen LogP contribution >= 0.6 is 0 Å². The average molecular weight is 190 g/mol. The van der Waals surface area contributed by atoms with Gasteiger partial charge in [-0.3, -0.25) is 0 Å². The molecule has 0 unspecified atom stereocenters. The van der Waals surface area contributed by atoms with Crippen molar-refractivity contribution in [2.45, 2.75) is 13.8 Å². The molecule has 0 aromatic carbocycles. The summed E-state index contributed by atoms with van der Waals surface area (Å²) in [7, 11) is 0. The summed E-state index contributed by atoms with van der Waals surface area (Å²) in [6.07, 6.45) is 0. The van der Waals surface area contributed by atoms with E-state index in [2.05, 4.69) is 35.5 Å². The van der Waals surface area contributed by atoms with E-state index >= 15 is 0 Å². The maximum Gasteiger partial charge on any atom is 0.109 e. The Labute approximate surface area is 86.0 Å². The first kappa shape index (κ1) is 12.6. The highest BCUT2D eigenvalue weighted by atomic mass is 16.5. The highest BCUT2D eigenvalue weighted by molar-refractivity contribution is 5.01. The first-order valence-corrected chi connectivity index (χ1v) is 4.32. The van der Waals surface area contributed by atoms with Crippen molar-refractivity contribution in [3.63, 3.8) is 0 Å². The Bertz CT molecular complexity index is 268. The maximum absolute atomic E-state index is 5.07. The van der Waals surface area contributed by atoms with Gasteiger partial charge in [0.05, 0.1) is 0 Å². The Morgan fingerprint density at radius 1 is 0.643 bits per heavy atom. The van der Waals surface area contributed by atoms with E-state index in [-0.39, 0.29) is 0 Å². The summed E-state index contributed by atoms with van der Waals surface area (Å²) in [5.74, 6) is 16.6. The zero-order valence-corrected chi connectivity index (χ0v) is 8.64. The van der Waals surface area contributed by atoms with E-state index < -0.39 is 0 Å². The first-order valence-electron chi connectivity index (χ1n) is 4.32. The molecule has 0 bridgehead atoms. The Kier molecular flexibility index (Phi) is 10.4. The van der Waals surface area contributed by atoms with Gasteiger partial charge in [0.15, 0.2) is 0 Å². The van der Waals surface area contributed by atoms with Crippen molar-refractivity contribution in [2.24, 2.45) is 0 Å². The van der Waals surface area contributed by atoms with Gasteiger partial charge in [-0.1, -0.05) is 23.7 Å². The second-order valence-electron chi connectivity index (χ2n) is 2.19. The number of ether oxygens (including phenoxy) is 2. The fourth-order valence-electron chi connectivity index (χ4n) is 0.553. The van der Waals surface area contributed by atoms with Crippen LogP contribution in [0, 0.1) is 35.5 Å². The van der Waals surface area contributed by atoms with Gasteiger partial charge in [-0.25, -0.2) is 0 Å². The van der Waals surface area contributed by atoms with E-state index in [1.54, 1.807) is 13.8 Å². The molecule has 0 amide bonds. The quantitative estimate of drug-likeness (QED) is 0.487. The van der Waals surface area contributed by atoms with Crippen LogP contribution in [0.4, 0.5) is 0 Å². The molecule has 0 N–H and O–H groups in total. The van der Waals surface area contributed by atoms with E-state index in [0.717, 1.165) is 0 Å². The summed E-state index contributed by atoms with van der Waals surface area (Å²) in [4.78, 5) is 0. The minimum Gasteiger partial charge on any atom is -0.356 e. The molecule has 2 heteroatoms. The van der Waals surface area contributed by atoms with Gasteiger partial charge < -0.3 is 9.47 Å². The van der Waals surface area contributed by atoms with Crippen LogP contribution < -0.4 is 0 Å². The lowest BCUT2D eigenvalue weighted by molar-refractivity contribution is 0.198. The molecule has 74 valence electrons. The number of hydrogen-bond acceptors (Lipinski definition) is 2. The Morgan fingerprint density at radius 2 is 1.00 bits per heavy atom. The minimum absolute atomic E-state index is 0.400. The molecule has 0 aliphatic carbocycles. The third kappa shape index (κ3) is 10.6. The molecule has 0 fully saturated rings. The fraction of sp³-hybridized carbons (Fsp3) is 0.500. The molecule has 0 saturated heterocycles. The van der Waals surface area contributed by atoms with Crippen LogP contribution in [0.1, 0.15) is 13.8 Å². The average Bonchev–Trinajstić information content (AvgIpc) is 2.21. The van der Waals surface area contributed by atoms with E-state index in [9.17, 15) is 0 Å². The summed E-state index contributed by atoms with van der Waals surface area (Å²) in [6, 6.07) is 0. The molecule has 2 nitrogen and oxygen atoms in total. The number of rotatable bonds is 4. The van der Waals surface area contributed by atoms with Crippen molar-refractivity contribution in [3.8, 4) is 35.5 Å².